The molecule has 4 rings (SSSR count). The molecule has 174 valence electrons. The van der Waals surface area contributed by atoms with Crippen molar-refractivity contribution < 1.29 is 19.0 Å². The van der Waals surface area contributed by atoms with Crippen molar-refractivity contribution in [3.63, 3.8) is 0 Å². The third kappa shape index (κ3) is 6.77. The van der Waals surface area contributed by atoms with E-state index in [0.717, 1.165) is 60.5 Å². The Labute approximate surface area is 198 Å². The number of rotatable bonds is 10. The standard InChI is InChI=1S/C25H29N3O4S/c1-2-31-21-8-6-20(7-9-21)25-27-23(18-33-25)24(29)26-17-19-4-3-5-22(16-19)32-15-12-28-10-13-30-14-11-28/h3-9,16,18H,2,10-15,17H2,1H3,(H,26,29). The number of carbonyl (C=O) groups excluding carboxylic acids is 1. The minimum atomic E-state index is -0.193. The molecule has 1 aliphatic rings. The molecule has 1 aromatic heterocycles. The number of carbonyl (C=O) groups is 1. The fourth-order valence-corrected chi connectivity index (χ4v) is 4.31. The van der Waals surface area contributed by atoms with Crippen LogP contribution < -0.4 is 14.8 Å². The van der Waals surface area contributed by atoms with Crippen molar-refractivity contribution in [2.24, 2.45) is 0 Å². The zero-order chi connectivity index (χ0) is 22.9. The van der Waals surface area contributed by atoms with Crippen molar-refractivity contribution >= 4 is 17.2 Å². The van der Waals surface area contributed by atoms with E-state index in [1.54, 1.807) is 5.38 Å². The maximum Gasteiger partial charge on any atom is 0.271 e. The first-order valence-corrected chi connectivity index (χ1v) is 12.1. The molecule has 1 fully saturated rings. The number of hydrogen-bond donors (Lipinski definition) is 1. The van der Waals surface area contributed by atoms with Gasteiger partial charge in [0, 0.05) is 37.1 Å². The molecule has 33 heavy (non-hydrogen) atoms. The van der Waals surface area contributed by atoms with E-state index in [1.807, 2.05) is 55.5 Å². The molecule has 2 heterocycles. The Kier molecular flexibility index (Phi) is 8.30. The van der Waals surface area contributed by atoms with Gasteiger partial charge in [-0.3, -0.25) is 9.69 Å². The zero-order valence-corrected chi connectivity index (χ0v) is 19.6. The molecule has 2 aromatic carbocycles. The van der Waals surface area contributed by atoms with Crippen LogP contribution in [0.25, 0.3) is 10.6 Å². The minimum absolute atomic E-state index is 0.193. The number of morpholine rings is 1. The molecule has 1 saturated heterocycles. The largest absolute Gasteiger partial charge is 0.494 e. The number of benzene rings is 2. The van der Waals surface area contributed by atoms with Gasteiger partial charge < -0.3 is 19.5 Å². The average Bonchev–Trinajstić information content (AvgIpc) is 3.35. The minimum Gasteiger partial charge on any atom is -0.494 e. The maximum absolute atomic E-state index is 12.6. The number of nitrogens with one attached hydrogen (secondary N) is 1. The van der Waals surface area contributed by atoms with Gasteiger partial charge in [0.2, 0.25) is 0 Å². The lowest BCUT2D eigenvalue weighted by molar-refractivity contribution is 0.0322. The number of aromatic nitrogens is 1. The molecule has 1 amide bonds. The summed E-state index contributed by atoms with van der Waals surface area (Å²) in [5.74, 6) is 1.44. The van der Waals surface area contributed by atoms with Gasteiger partial charge in [-0.25, -0.2) is 4.98 Å². The molecule has 3 aromatic rings. The first kappa shape index (κ1) is 23.2. The van der Waals surface area contributed by atoms with Crippen LogP contribution in [-0.4, -0.2) is 61.9 Å². The van der Waals surface area contributed by atoms with Crippen molar-refractivity contribution in [2.75, 3.05) is 46.1 Å². The average molecular weight is 468 g/mol. The van der Waals surface area contributed by atoms with Gasteiger partial charge in [-0.05, 0) is 48.9 Å². The van der Waals surface area contributed by atoms with E-state index in [2.05, 4.69) is 15.2 Å². The Morgan fingerprint density at radius 2 is 1.94 bits per heavy atom. The Bertz CT molecular complexity index is 1030. The number of nitrogens with zero attached hydrogens (tertiary/aromatic N) is 2. The summed E-state index contributed by atoms with van der Waals surface area (Å²) in [4.78, 5) is 19.4. The van der Waals surface area contributed by atoms with E-state index >= 15 is 0 Å². The molecule has 1 N–H and O–H groups in total. The summed E-state index contributed by atoms with van der Waals surface area (Å²) in [5.41, 5.74) is 2.36. The predicted octanol–water partition coefficient (Wildman–Crippen LogP) is 3.85. The SMILES string of the molecule is CCOc1ccc(-c2nc(C(=O)NCc3cccc(OCCN4CCOCC4)c3)cs2)cc1. The smallest absolute Gasteiger partial charge is 0.271 e. The van der Waals surface area contributed by atoms with Crippen LogP contribution in [0.2, 0.25) is 0 Å². The Morgan fingerprint density at radius 1 is 1.12 bits per heavy atom. The third-order valence-corrected chi connectivity index (χ3v) is 6.17. The molecule has 0 spiro atoms. The van der Waals surface area contributed by atoms with E-state index in [9.17, 15) is 4.79 Å². The molecule has 7 nitrogen and oxygen atoms in total. The molecule has 0 bridgehead atoms. The van der Waals surface area contributed by atoms with E-state index in [1.165, 1.54) is 11.3 Å². The van der Waals surface area contributed by atoms with Gasteiger partial charge in [0.1, 0.15) is 28.8 Å². The second-order valence-electron chi connectivity index (χ2n) is 7.63. The molecular weight excluding hydrogens is 438 g/mol. The second-order valence-corrected chi connectivity index (χ2v) is 8.49. The Hall–Kier alpha value is -2.94. The highest BCUT2D eigenvalue weighted by atomic mass is 32.1. The molecule has 0 atom stereocenters. The van der Waals surface area contributed by atoms with Gasteiger partial charge in [-0.15, -0.1) is 11.3 Å². The van der Waals surface area contributed by atoms with E-state index in [-0.39, 0.29) is 5.91 Å². The molecule has 0 unspecified atom stereocenters. The zero-order valence-electron chi connectivity index (χ0n) is 18.8. The summed E-state index contributed by atoms with van der Waals surface area (Å²) in [6.45, 7) is 7.98. The van der Waals surface area contributed by atoms with Gasteiger partial charge in [0.15, 0.2) is 0 Å². The highest BCUT2D eigenvalue weighted by molar-refractivity contribution is 7.13. The molecule has 8 heteroatoms. The first-order valence-electron chi connectivity index (χ1n) is 11.2. The van der Waals surface area contributed by atoms with E-state index < -0.39 is 0 Å². The molecule has 0 saturated carbocycles. The van der Waals surface area contributed by atoms with Crippen LogP contribution in [0.4, 0.5) is 0 Å². The van der Waals surface area contributed by atoms with Gasteiger partial charge in [0.25, 0.3) is 5.91 Å². The summed E-state index contributed by atoms with van der Waals surface area (Å²) >= 11 is 1.45. The van der Waals surface area contributed by atoms with Crippen molar-refractivity contribution in [2.45, 2.75) is 13.5 Å². The molecule has 0 radical (unpaired) electrons. The number of amides is 1. The summed E-state index contributed by atoms with van der Waals surface area (Å²) in [5, 5.41) is 5.54. The monoisotopic (exact) mass is 467 g/mol. The maximum atomic E-state index is 12.6. The molecule has 0 aliphatic carbocycles. The summed E-state index contributed by atoms with van der Waals surface area (Å²) in [7, 11) is 0. The lowest BCUT2D eigenvalue weighted by atomic mass is 10.2. The third-order valence-electron chi connectivity index (χ3n) is 5.28. The summed E-state index contributed by atoms with van der Waals surface area (Å²) in [6.07, 6.45) is 0. The lowest BCUT2D eigenvalue weighted by Crippen LogP contribution is -2.38. The number of hydrogen-bond acceptors (Lipinski definition) is 7. The lowest BCUT2D eigenvalue weighted by Gasteiger charge is -2.26. The van der Waals surface area contributed by atoms with Crippen LogP contribution in [0.3, 0.4) is 0 Å². The fraction of sp³-hybridized carbons (Fsp3) is 0.360. The fourth-order valence-electron chi connectivity index (χ4n) is 3.51. The number of thiazole rings is 1. The summed E-state index contributed by atoms with van der Waals surface area (Å²) in [6, 6.07) is 15.6. The van der Waals surface area contributed by atoms with Crippen LogP contribution in [0, 0.1) is 0 Å². The van der Waals surface area contributed by atoms with Gasteiger partial charge in [-0.1, -0.05) is 12.1 Å². The van der Waals surface area contributed by atoms with Crippen LogP contribution in [0.5, 0.6) is 11.5 Å². The van der Waals surface area contributed by atoms with Crippen molar-refractivity contribution in [1.82, 2.24) is 15.2 Å². The Balaban J connectivity index is 1.27. The quantitative estimate of drug-likeness (QED) is 0.488. The molecule has 1 aliphatic heterocycles. The molecular formula is C25H29N3O4S. The first-order chi connectivity index (χ1) is 16.2. The highest BCUT2D eigenvalue weighted by Gasteiger charge is 2.13. The normalized spacial score (nSPS) is 14.1. The van der Waals surface area contributed by atoms with Crippen LogP contribution in [0.1, 0.15) is 23.0 Å². The summed E-state index contributed by atoms with van der Waals surface area (Å²) < 4.78 is 16.7. The second kappa shape index (κ2) is 11.8. The van der Waals surface area contributed by atoms with Crippen LogP contribution in [0.15, 0.2) is 53.9 Å². The predicted molar refractivity (Wildman–Crippen MR) is 129 cm³/mol. The highest BCUT2D eigenvalue weighted by Crippen LogP contribution is 2.26. The Morgan fingerprint density at radius 3 is 2.73 bits per heavy atom. The van der Waals surface area contributed by atoms with Gasteiger partial charge in [-0.2, -0.15) is 0 Å². The van der Waals surface area contributed by atoms with Crippen molar-refractivity contribution in [1.29, 1.82) is 0 Å². The van der Waals surface area contributed by atoms with Crippen molar-refractivity contribution in [3.8, 4) is 22.1 Å². The topological polar surface area (TPSA) is 72.9 Å². The number of ether oxygens (including phenoxy) is 3. The van der Waals surface area contributed by atoms with E-state index in [4.69, 9.17) is 14.2 Å². The van der Waals surface area contributed by atoms with Crippen LogP contribution in [-0.2, 0) is 11.3 Å². The van der Waals surface area contributed by atoms with Crippen LogP contribution >= 0.6 is 11.3 Å². The van der Waals surface area contributed by atoms with E-state index in [0.29, 0.717) is 25.5 Å². The van der Waals surface area contributed by atoms with Gasteiger partial charge in [0.05, 0.1) is 19.8 Å². The van der Waals surface area contributed by atoms with Crippen molar-refractivity contribution in [3.05, 3.63) is 65.2 Å². The van der Waals surface area contributed by atoms with Gasteiger partial charge >= 0.3 is 0 Å².